The van der Waals surface area contributed by atoms with Crippen molar-refractivity contribution < 1.29 is 4.52 Å². The van der Waals surface area contributed by atoms with Crippen molar-refractivity contribution >= 4 is 11.3 Å². The van der Waals surface area contributed by atoms with Crippen molar-refractivity contribution in [1.29, 1.82) is 0 Å². The monoisotopic (exact) mass is 250 g/mol. The molecule has 92 valence electrons. The average Bonchev–Trinajstić information content (AvgIpc) is 2.93. The lowest BCUT2D eigenvalue weighted by Crippen LogP contribution is -2.21. The number of hydrogen-bond acceptors (Lipinski definition) is 4. The molecule has 0 fully saturated rings. The number of hydrogen-bond donors (Lipinski definition) is 0. The van der Waals surface area contributed by atoms with Crippen molar-refractivity contribution in [3.05, 3.63) is 39.4 Å². The highest BCUT2D eigenvalue weighted by Gasteiger charge is 2.17. The van der Waals surface area contributed by atoms with Crippen LogP contribution in [0.15, 0.2) is 22.0 Å². The number of aromatic nitrogens is 1. The molecule has 0 aliphatic rings. The quantitative estimate of drug-likeness (QED) is 0.831. The molecular formula is C13H18N2OS. The maximum absolute atomic E-state index is 5.19. The fraction of sp³-hybridized carbons (Fsp3) is 0.462. The second kappa shape index (κ2) is 5.02. The third-order valence-corrected chi connectivity index (χ3v) is 4.25. The second-order valence-electron chi connectivity index (χ2n) is 4.41. The van der Waals surface area contributed by atoms with Crippen LogP contribution in [0, 0.1) is 13.8 Å². The van der Waals surface area contributed by atoms with Gasteiger partial charge in [-0.05, 0) is 39.3 Å². The Labute approximate surface area is 106 Å². The SMILES string of the molecule is Cc1noc(C)c1CN(C)[C@@H](C)c1cccs1. The Morgan fingerprint density at radius 3 is 2.76 bits per heavy atom. The molecule has 0 saturated heterocycles. The number of thiophene rings is 1. The lowest BCUT2D eigenvalue weighted by Gasteiger charge is -2.23. The standard InChI is InChI=1S/C13H18N2OS/c1-9-12(11(3)16-14-9)8-15(4)10(2)13-6-5-7-17-13/h5-7,10H,8H2,1-4H3/t10-/m0/s1. The molecule has 0 radical (unpaired) electrons. The van der Waals surface area contributed by atoms with Gasteiger partial charge in [-0.25, -0.2) is 0 Å². The first-order valence-electron chi connectivity index (χ1n) is 5.75. The zero-order valence-electron chi connectivity index (χ0n) is 10.7. The first kappa shape index (κ1) is 12.3. The lowest BCUT2D eigenvalue weighted by molar-refractivity contribution is 0.254. The van der Waals surface area contributed by atoms with Gasteiger partial charge in [-0.3, -0.25) is 4.90 Å². The maximum atomic E-state index is 5.19. The van der Waals surface area contributed by atoms with Crippen LogP contribution >= 0.6 is 11.3 Å². The normalized spacial score (nSPS) is 13.2. The molecule has 0 aliphatic carbocycles. The molecule has 3 nitrogen and oxygen atoms in total. The summed E-state index contributed by atoms with van der Waals surface area (Å²) >= 11 is 1.80. The van der Waals surface area contributed by atoms with Gasteiger partial charge >= 0.3 is 0 Å². The van der Waals surface area contributed by atoms with Crippen LogP contribution in [0.25, 0.3) is 0 Å². The summed E-state index contributed by atoms with van der Waals surface area (Å²) in [5, 5.41) is 6.11. The molecule has 0 amide bonds. The largest absolute Gasteiger partial charge is 0.361 e. The van der Waals surface area contributed by atoms with E-state index in [4.69, 9.17) is 4.52 Å². The first-order valence-corrected chi connectivity index (χ1v) is 6.63. The van der Waals surface area contributed by atoms with Gasteiger partial charge < -0.3 is 4.52 Å². The van der Waals surface area contributed by atoms with Crippen molar-refractivity contribution in [3.63, 3.8) is 0 Å². The molecule has 0 saturated carbocycles. The predicted molar refractivity (Wildman–Crippen MR) is 70.2 cm³/mol. The van der Waals surface area contributed by atoms with Crippen molar-refractivity contribution in [3.8, 4) is 0 Å². The van der Waals surface area contributed by atoms with Crippen molar-refractivity contribution in [2.75, 3.05) is 7.05 Å². The molecule has 0 spiro atoms. The van der Waals surface area contributed by atoms with Crippen LogP contribution < -0.4 is 0 Å². The second-order valence-corrected chi connectivity index (χ2v) is 5.39. The molecule has 0 unspecified atom stereocenters. The molecular weight excluding hydrogens is 232 g/mol. The van der Waals surface area contributed by atoms with Gasteiger partial charge in [-0.1, -0.05) is 11.2 Å². The Hall–Kier alpha value is -1.13. The molecule has 0 aromatic carbocycles. The van der Waals surface area contributed by atoms with Crippen LogP contribution in [0.4, 0.5) is 0 Å². The molecule has 2 rings (SSSR count). The van der Waals surface area contributed by atoms with Gasteiger partial charge in [0.05, 0.1) is 5.69 Å². The molecule has 17 heavy (non-hydrogen) atoms. The highest BCUT2D eigenvalue weighted by molar-refractivity contribution is 7.10. The zero-order valence-corrected chi connectivity index (χ0v) is 11.5. The van der Waals surface area contributed by atoms with Crippen molar-refractivity contribution in [2.24, 2.45) is 0 Å². The highest BCUT2D eigenvalue weighted by Crippen LogP contribution is 2.26. The molecule has 2 heterocycles. The minimum absolute atomic E-state index is 0.420. The van der Waals surface area contributed by atoms with Gasteiger partial charge in [-0.15, -0.1) is 11.3 Å². The van der Waals surface area contributed by atoms with Crippen LogP contribution in [0.5, 0.6) is 0 Å². The van der Waals surface area contributed by atoms with E-state index in [0.29, 0.717) is 6.04 Å². The zero-order chi connectivity index (χ0) is 12.4. The minimum atomic E-state index is 0.420. The number of rotatable bonds is 4. The average molecular weight is 250 g/mol. The van der Waals surface area contributed by atoms with E-state index in [1.165, 1.54) is 10.4 Å². The van der Waals surface area contributed by atoms with E-state index in [0.717, 1.165) is 18.0 Å². The van der Waals surface area contributed by atoms with E-state index in [9.17, 15) is 0 Å². The molecule has 0 bridgehead atoms. The van der Waals surface area contributed by atoms with E-state index < -0.39 is 0 Å². The van der Waals surface area contributed by atoms with Gasteiger partial charge in [0.1, 0.15) is 5.76 Å². The van der Waals surface area contributed by atoms with Gasteiger partial charge in [0, 0.05) is 23.0 Å². The number of aryl methyl sites for hydroxylation is 2. The third kappa shape index (κ3) is 2.58. The van der Waals surface area contributed by atoms with E-state index in [1.54, 1.807) is 11.3 Å². The highest BCUT2D eigenvalue weighted by atomic mass is 32.1. The van der Waals surface area contributed by atoms with Crippen molar-refractivity contribution in [2.45, 2.75) is 33.4 Å². The Bertz CT molecular complexity index is 456. The molecule has 2 aromatic rings. The third-order valence-electron chi connectivity index (χ3n) is 3.20. The molecule has 0 aliphatic heterocycles. The summed E-state index contributed by atoms with van der Waals surface area (Å²) in [6, 6.07) is 4.70. The molecule has 4 heteroatoms. The number of nitrogens with zero attached hydrogens (tertiary/aromatic N) is 2. The summed E-state index contributed by atoms with van der Waals surface area (Å²) in [4.78, 5) is 3.71. The van der Waals surface area contributed by atoms with E-state index in [2.05, 4.69) is 41.5 Å². The van der Waals surface area contributed by atoms with E-state index in [-0.39, 0.29) is 0 Å². The smallest absolute Gasteiger partial charge is 0.138 e. The Morgan fingerprint density at radius 2 is 2.24 bits per heavy atom. The summed E-state index contributed by atoms with van der Waals surface area (Å²) < 4.78 is 5.19. The minimum Gasteiger partial charge on any atom is -0.361 e. The van der Waals surface area contributed by atoms with Crippen LogP contribution in [0.1, 0.15) is 34.9 Å². The Morgan fingerprint density at radius 1 is 1.47 bits per heavy atom. The lowest BCUT2D eigenvalue weighted by atomic mass is 10.1. The van der Waals surface area contributed by atoms with Crippen LogP contribution in [0.3, 0.4) is 0 Å². The van der Waals surface area contributed by atoms with Crippen LogP contribution in [-0.2, 0) is 6.54 Å². The first-order chi connectivity index (χ1) is 8.09. The predicted octanol–water partition coefficient (Wildman–Crippen LogP) is 3.55. The Kier molecular flexibility index (Phi) is 3.64. The van der Waals surface area contributed by atoms with E-state index >= 15 is 0 Å². The van der Waals surface area contributed by atoms with Gasteiger partial charge in [0.15, 0.2) is 0 Å². The fourth-order valence-electron chi connectivity index (χ4n) is 1.86. The molecule has 1 atom stereocenters. The van der Waals surface area contributed by atoms with Gasteiger partial charge in [0.25, 0.3) is 0 Å². The van der Waals surface area contributed by atoms with Crippen LogP contribution in [0.2, 0.25) is 0 Å². The summed E-state index contributed by atoms with van der Waals surface area (Å²) in [6.45, 7) is 7.07. The topological polar surface area (TPSA) is 29.3 Å². The van der Waals surface area contributed by atoms with Gasteiger partial charge in [-0.2, -0.15) is 0 Å². The molecule has 0 N–H and O–H groups in total. The fourth-order valence-corrected chi connectivity index (χ4v) is 2.71. The Balaban J connectivity index is 2.09. The summed E-state index contributed by atoms with van der Waals surface area (Å²) in [5.74, 6) is 0.924. The van der Waals surface area contributed by atoms with Crippen molar-refractivity contribution in [1.82, 2.24) is 10.1 Å². The van der Waals surface area contributed by atoms with Gasteiger partial charge in [0.2, 0.25) is 0 Å². The molecule has 2 aromatic heterocycles. The maximum Gasteiger partial charge on any atom is 0.138 e. The summed E-state index contributed by atoms with van der Waals surface area (Å²) in [5.41, 5.74) is 2.20. The van der Waals surface area contributed by atoms with Crippen LogP contribution in [-0.4, -0.2) is 17.1 Å². The summed E-state index contributed by atoms with van der Waals surface area (Å²) in [7, 11) is 2.14. The van der Waals surface area contributed by atoms with E-state index in [1.807, 2.05) is 13.8 Å². The summed E-state index contributed by atoms with van der Waals surface area (Å²) in [6.07, 6.45) is 0.